The molecule has 0 aliphatic carbocycles. The van der Waals surface area contributed by atoms with Crippen LogP contribution in [-0.2, 0) is 6.61 Å². The molecule has 3 nitrogen and oxygen atoms in total. The molecular weight excluding hydrogens is 437 g/mol. The van der Waals surface area contributed by atoms with Crippen LogP contribution in [-0.4, -0.2) is 16.2 Å². The number of aliphatic hydroxyl groups is 1. The first-order valence-corrected chi connectivity index (χ1v) is 9.78. The lowest BCUT2D eigenvalue weighted by Crippen LogP contribution is -1.89. The van der Waals surface area contributed by atoms with Crippen LogP contribution in [0, 0.1) is 11.6 Å². The van der Waals surface area contributed by atoms with Crippen LogP contribution in [0.2, 0.25) is 10.0 Å². The van der Waals surface area contributed by atoms with E-state index < -0.39 is 11.8 Å². The molecule has 0 fully saturated rings. The first kappa shape index (κ1) is 20.0. The van der Waals surface area contributed by atoms with Crippen molar-refractivity contribution in [1.82, 2.24) is 0 Å². The van der Waals surface area contributed by atoms with Gasteiger partial charge in [0.05, 0.1) is 26.1 Å². The van der Waals surface area contributed by atoms with Crippen LogP contribution in [0.5, 0.6) is 0 Å². The van der Waals surface area contributed by atoms with E-state index in [-0.39, 0.29) is 22.7 Å². The van der Waals surface area contributed by atoms with E-state index in [1.54, 1.807) is 6.07 Å². The van der Waals surface area contributed by atoms with Gasteiger partial charge >= 0.3 is 5.97 Å². The summed E-state index contributed by atoms with van der Waals surface area (Å²) in [5.74, 6) is -1.81. The molecule has 140 valence electrons. The first-order chi connectivity index (χ1) is 12.8. The van der Waals surface area contributed by atoms with Gasteiger partial charge in [0.15, 0.2) is 0 Å². The van der Waals surface area contributed by atoms with E-state index in [0.717, 1.165) is 16.2 Å². The van der Waals surface area contributed by atoms with Crippen molar-refractivity contribution in [3.05, 3.63) is 67.8 Å². The Kier molecular flexibility index (Phi) is 5.98. The van der Waals surface area contributed by atoms with Gasteiger partial charge in [0, 0.05) is 15.6 Å². The molecule has 2 heterocycles. The van der Waals surface area contributed by atoms with E-state index in [4.69, 9.17) is 33.4 Å². The molecule has 0 saturated carbocycles. The number of halogens is 4. The van der Waals surface area contributed by atoms with Crippen molar-refractivity contribution < 1.29 is 23.8 Å². The molecule has 0 radical (unpaired) electrons. The fraction of sp³-hybridized carbons (Fsp3) is 0.0556. The third-order valence-corrected chi connectivity index (χ3v) is 6.75. The molecule has 0 atom stereocenters. The summed E-state index contributed by atoms with van der Waals surface area (Å²) in [6, 6.07) is 8.42. The molecule has 9 heteroatoms. The topological polar surface area (TPSA) is 57.5 Å². The third kappa shape index (κ3) is 4.07. The number of fused-ring (bicyclic) bond motifs is 2. The Morgan fingerprint density at radius 1 is 0.926 bits per heavy atom. The minimum absolute atomic E-state index is 0.0743. The predicted molar refractivity (Wildman–Crippen MR) is 106 cm³/mol. The van der Waals surface area contributed by atoms with Crippen molar-refractivity contribution in [1.29, 1.82) is 0 Å². The van der Waals surface area contributed by atoms with Crippen LogP contribution >= 0.6 is 45.9 Å². The van der Waals surface area contributed by atoms with Crippen molar-refractivity contribution in [3.8, 4) is 0 Å². The Morgan fingerprint density at radius 3 is 1.89 bits per heavy atom. The number of thiophene rings is 2. The summed E-state index contributed by atoms with van der Waals surface area (Å²) in [5, 5.41) is 19.2. The largest absolute Gasteiger partial charge is 0.477 e. The van der Waals surface area contributed by atoms with Gasteiger partial charge in [-0.25, -0.2) is 13.6 Å². The summed E-state index contributed by atoms with van der Waals surface area (Å²) in [6.45, 7) is -0.0743. The van der Waals surface area contributed by atoms with Crippen molar-refractivity contribution >= 4 is 72.0 Å². The fourth-order valence-electron chi connectivity index (χ4n) is 2.35. The van der Waals surface area contributed by atoms with Gasteiger partial charge in [-0.1, -0.05) is 23.2 Å². The van der Waals surface area contributed by atoms with Crippen molar-refractivity contribution in [2.24, 2.45) is 0 Å². The number of benzene rings is 2. The number of rotatable bonds is 2. The average Bonchev–Trinajstić information content (AvgIpc) is 3.28. The number of hydrogen-bond acceptors (Lipinski definition) is 4. The second kappa shape index (κ2) is 8.08. The fourth-order valence-corrected chi connectivity index (χ4v) is 4.76. The number of aromatic carboxylic acids is 1. The maximum Gasteiger partial charge on any atom is 0.345 e. The molecule has 0 saturated heterocycles. The van der Waals surface area contributed by atoms with Gasteiger partial charge in [-0.3, -0.25) is 0 Å². The minimum Gasteiger partial charge on any atom is -0.477 e. The highest BCUT2D eigenvalue weighted by Crippen LogP contribution is 2.34. The molecule has 0 spiro atoms. The molecule has 0 aliphatic heterocycles. The van der Waals surface area contributed by atoms with Gasteiger partial charge in [-0.15, -0.1) is 22.7 Å². The van der Waals surface area contributed by atoms with E-state index in [0.29, 0.717) is 24.8 Å². The lowest BCUT2D eigenvalue weighted by molar-refractivity contribution is 0.0702. The summed E-state index contributed by atoms with van der Waals surface area (Å²) < 4.78 is 27.6. The zero-order valence-electron chi connectivity index (χ0n) is 13.3. The summed E-state index contributed by atoms with van der Waals surface area (Å²) in [7, 11) is 0. The van der Waals surface area contributed by atoms with Gasteiger partial charge in [0.25, 0.3) is 0 Å². The third-order valence-electron chi connectivity index (χ3n) is 3.58. The summed E-state index contributed by atoms with van der Waals surface area (Å²) in [6.07, 6.45) is 0. The Bertz CT molecular complexity index is 1080. The van der Waals surface area contributed by atoms with Crippen LogP contribution in [0.4, 0.5) is 8.78 Å². The molecule has 0 aliphatic rings. The lowest BCUT2D eigenvalue weighted by Gasteiger charge is -1.93. The zero-order valence-corrected chi connectivity index (χ0v) is 16.4. The zero-order chi connectivity index (χ0) is 19.7. The Balaban J connectivity index is 0.000000156. The molecule has 0 amide bonds. The summed E-state index contributed by atoms with van der Waals surface area (Å²) in [4.78, 5) is 11.5. The SMILES string of the molecule is O=C(O)c1cc2c(F)ccc(Cl)c2s1.OCc1cc2c(F)ccc(Cl)c2s1. The van der Waals surface area contributed by atoms with E-state index in [1.165, 1.54) is 41.7 Å². The van der Waals surface area contributed by atoms with Crippen molar-refractivity contribution in [2.75, 3.05) is 0 Å². The van der Waals surface area contributed by atoms with Crippen molar-refractivity contribution in [3.63, 3.8) is 0 Å². The molecule has 2 aromatic carbocycles. The van der Waals surface area contributed by atoms with Gasteiger partial charge in [0.2, 0.25) is 0 Å². The quantitative estimate of drug-likeness (QED) is 0.365. The smallest absolute Gasteiger partial charge is 0.345 e. The average molecular weight is 447 g/mol. The van der Waals surface area contributed by atoms with Crippen molar-refractivity contribution in [2.45, 2.75) is 6.61 Å². The molecule has 0 unspecified atom stereocenters. The first-order valence-electron chi connectivity index (χ1n) is 7.40. The Morgan fingerprint density at radius 2 is 1.44 bits per heavy atom. The number of carboxylic acids is 1. The van der Waals surface area contributed by atoms with E-state index in [1.807, 2.05) is 0 Å². The number of carbonyl (C=O) groups is 1. The Labute approximate surface area is 170 Å². The standard InChI is InChI=1S/C9H4ClFO2S.C9H6ClFOS/c10-5-1-2-6(11)4-3-7(9(12)13)14-8(4)5;10-7-1-2-8(11)6-3-5(4-12)13-9(6)7/h1-3H,(H,12,13);1-3,12H,4H2. The van der Waals surface area contributed by atoms with Crippen LogP contribution in [0.15, 0.2) is 36.4 Å². The molecule has 27 heavy (non-hydrogen) atoms. The van der Waals surface area contributed by atoms with Gasteiger partial charge in [-0.05, 0) is 36.4 Å². The monoisotopic (exact) mass is 446 g/mol. The molecule has 4 rings (SSSR count). The van der Waals surface area contributed by atoms with Crippen LogP contribution in [0.3, 0.4) is 0 Å². The highest BCUT2D eigenvalue weighted by Gasteiger charge is 2.13. The maximum absolute atomic E-state index is 13.2. The van der Waals surface area contributed by atoms with Gasteiger partial charge < -0.3 is 10.2 Å². The van der Waals surface area contributed by atoms with Crippen LogP contribution in [0.25, 0.3) is 20.2 Å². The van der Waals surface area contributed by atoms with E-state index in [9.17, 15) is 13.6 Å². The highest BCUT2D eigenvalue weighted by atomic mass is 35.5. The van der Waals surface area contributed by atoms with Gasteiger partial charge in [-0.2, -0.15) is 0 Å². The molecule has 2 N–H and O–H groups in total. The predicted octanol–water partition coefficient (Wildman–Crippen LogP) is 6.58. The number of carboxylic acid groups (broad SMARTS) is 1. The van der Waals surface area contributed by atoms with Crippen LogP contribution < -0.4 is 0 Å². The molecule has 0 bridgehead atoms. The Hall–Kier alpha value is -1.77. The second-order valence-corrected chi connectivity index (χ2v) is 8.33. The molecule has 2 aromatic heterocycles. The van der Waals surface area contributed by atoms with E-state index in [2.05, 4.69) is 0 Å². The van der Waals surface area contributed by atoms with E-state index >= 15 is 0 Å². The molecule has 4 aromatic rings. The normalized spacial score (nSPS) is 10.9. The number of aliphatic hydroxyl groups excluding tert-OH is 1. The summed E-state index contributed by atoms with van der Waals surface area (Å²) in [5.41, 5.74) is 0. The maximum atomic E-state index is 13.2. The van der Waals surface area contributed by atoms with Gasteiger partial charge in [0.1, 0.15) is 16.5 Å². The van der Waals surface area contributed by atoms with Crippen LogP contribution in [0.1, 0.15) is 14.5 Å². The lowest BCUT2D eigenvalue weighted by atomic mass is 10.2. The minimum atomic E-state index is -1.07. The second-order valence-electron chi connectivity index (χ2n) is 5.33. The highest BCUT2D eigenvalue weighted by molar-refractivity contribution is 7.21. The molecular formula is C18H10Cl2F2O3S2. The summed E-state index contributed by atoms with van der Waals surface area (Å²) >= 11 is 14.0. The number of hydrogen-bond donors (Lipinski definition) is 2.